The number of aryl methyl sites for hydroxylation is 1. The van der Waals surface area contributed by atoms with Crippen LogP contribution in [0, 0.1) is 0 Å². The molecule has 0 N–H and O–H groups in total. The summed E-state index contributed by atoms with van der Waals surface area (Å²) in [6.45, 7) is -0.0179. The first-order valence-electron chi connectivity index (χ1n) is 5.74. The Balaban J connectivity index is 1.97. The van der Waals surface area contributed by atoms with Gasteiger partial charge < -0.3 is 4.90 Å². The largest absolute Gasteiger partial charge is 0.333 e. The number of likely N-dealkylation sites (N-methyl/N-ethyl adjacent to an activating group) is 1. The van der Waals surface area contributed by atoms with Crippen LogP contribution in [0.15, 0.2) is 30.3 Å². The van der Waals surface area contributed by atoms with E-state index in [1.165, 1.54) is 11.9 Å². The van der Waals surface area contributed by atoms with Crippen LogP contribution in [-0.2, 0) is 16.0 Å². The first-order valence-corrected chi connectivity index (χ1v) is 5.74. The molecular weight excluding hydrogens is 232 g/mol. The van der Waals surface area contributed by atoms with Crippen LogP contribution in [0.3, 0.4) is 0 Å². The third kappa shape index (κ3) is 2.40. The molecule has 0 atom stereocenters. The summed E-state index contributed by atoms with van der Waals surface area (Å²) >= 11 is 0. The number of rotatable bonds is 3. The molecule has 1 fully saturated rings. The number of amides is 4. The lowest BCUT2D eigenvalue weighted by molar-refractivity contribution is -0.138. The van der Waals surface area contributed by atoms with Crippen molar-refractivity contribution in [1.82, 2.24) is 9.80 Å². The average Bonchev–Trinajstić information content (AvgIpc) is 2.62. The van der Waals surface area contributed by atoms with Crippen molar-refractivity contribution in [3.63, 3.8) is 0 Å². The van der Waals surface area contributed by atoms with Crippen molar-refractivity contribution < 1.29 is 14.4 Å². The Morgan fingerprint density at radius 1 is 1.22 bits per heavy atom. The Morgan fingerprint density at radius 2 is 1.89 bits per heavy atom. The third-order valence-electron chi connectivity index (χ3n) is 2.86. The molecule has 0 aliphatic carbocycles. The molecule has 1 aliphatic rings. The van der Waals surface area contributed by atoms with Crippen LogP contribution in [-0.4, -0.2) is 41.2 Å². The van der Waals surface area contributed by atoms with Crippen LogP contribution in [0.1, 0.15) is 12.0 Å². The number of hydrogen-bond acceptors (Lipinski definition) is 3. The van der Waals surface area contributed by atoms with Gasteiger partial charge in [-0.3, -0.25) is 9.59 Å². The highest BCUT2D eigenvalue weighted by molar-refractivity contribution is 6.14. The molecule has 1 aliphatic heterocycles. The molecule has 4 amide bonds. The van der Waals surface area contributed by atoms with Gasteiger partial charge >= 0.3 is 6.03 Å². The van der Waals surface area contributed by atoms with E-state index < -0.39 is 17.8 Å². The van der Waals surface area contributed by atoms with Crippen molar-refractivity contribution in [3.8, 4) is 0 Å². The molecule has 1 saturated heterocycles. The molecule has 2 rings (SSSR count). The molecule has 1 aromatic rings. The Hall–Kier alpha value is -2.17. The van der Waals surface area contributed by atoms with Gasteiger partial charge in [0.15, 0.2) is 0 Å². The Bertz CT molecular complexity index is 484. The second-order valence-corrected chi connectivity index (χ2v) is 4.25. The van der Waals surface area contributed by atoms with Crippen LogP contribution in [0.2, 0.25) is 0 Å². The number of urea groups is 1. The summed E-state index contributed by atoms with van der Waals surface area (Å²) < 4.78 is 0. The number of carbonyl (C=O) groups is 3. The highest BCUT2D eigenvalue weighted by Gasteiger charge is 2.37. The maximum Gasteiger partial charge on any atom is 0.333 e. The SMILES string of the molecule is CN1CC(=O)N(C(=O)CCc2ccccc2)C1=O. The van der Waals surface area contributed by atoms with Crippen molar-refractivity contribution in [1.29, 1.82) is 0 Å². The number of benzene rings is 1. The summed E-state index contributed by atoms with van der Waals surface area (Å²) in [6.07, 6.45) is 0.690. The van der Waals surface area contributed by atoms with E-state index in [0.717, 1.165) is 10.5 Å². The van der Waals surface area contributed by atoms with Gasteiger partial charge in [-0.2, -0.15) is 4.90 Å². The highest BCUT2D eigenvalue weighted by atomic mass is 16.2. The van der Waals surface area contributed by atoms with Gasteiger partial charge in [-0.05, 0) is 12.0 Å². The number of imide groups is 3. The van der Waals surface area contributed by atoms with Crippen LogP contribution < -0.4 is 0 Å². The minimum Gasteiger partial charge on any atom is -0.318 e. The van der Waals surface area contributed by atoms with E-state index in [-0.39, 0.29) is 13.0 Å². The fourth-order valence-electron chi connectivity index (χ4n) is 1.87. The zero-order chi connectivity index (χ0) is 13.1. The maximum absolute atomic E-state index is 11.8. The van der Waals surface area contributed by atoms with Gasteiger partial charge in [-0.25, -0.2) is 4.79 Å². The zero-order valence-electron chi connectivity index (χ0n) is 10.1. The van der Waals surface area contributed by atoms with E-state index in [0.29, 0.717) is 6.42 Å². The van der Waals surface area contributed by atoms with Crippen LogP contribution in [0.5, 0.6) is 0 Å². The third-order valence-corrected chi connectivity index (χ3v) is 2.86. The molecule has 0 bridgehead atoms. The molecule has 0 saturated carbocycles. The monoisotopic (exact) mass is 246 g/mol. The molecule has 18 heavy (non-hydrogen) atoms. The first-order chi connectivity index (χ1) is 8.59. The summed E-state index contributed by atoms with van der Waals surface area (Å²) in [5.74, 6) is -0.876. The van der Waals surface area contributed by atoms with Crippen molar-refractivity contribution in [2.45, 2.75) is 12.8 Å². The van der Waals surface area contributed by atoms with Gasteiger partial charge in [0, 0.05) is 13.5 Å². The van der Waals surface area contributed by atoms with E-state index >= 15 is 0 Å². The zero-order valence-corrected chi connectivity index (χ0v) is 10.1. The van der Waals surface area contributed by atoms with E-state index in [2.05, 4.69) is 0 Å². The second-order valence-electron chi connectivity index (χ2n) is 4.25. The predicted molar refractivity (Wildman–Crippen MR) is 64.6 cm³/mol. The van der Waals surface area contributed by atoms with Crippen LogP contribution in [0.4, 0.5) is 4.79 Å². The molecule has 5 heteroatoms. The lowest BCUT2D eigenvalue weighted by Crippen LogP contribution is -2.37. The highest BCUT2D eigenvalue weighted by Crippen LogP contribution is 2.11. The summed E-state index contributed by atoms with van der Waals surface area (Å²) in [5, 5.41) is 0. The number of nitrogens with zero attached hydrogens (tertiary/aromatic N) is 2. The molecule has 0 radical (unpaired) electrons. The van der Waals surface area contributed by atoms with E-state index in [1.807, 2.05) is 30.3 Å². The topological polar surface area (TPSA) is 57.7 Å². The molecule has 0 aromatic heterocycles. The lowest BCUT2D eigenvalue weighted by atomic mass is 10.1. The standard InChI is InChI=1S/C13H14N2O3/c1-14-9-12(17)15(13(14)18)11(16)8-7-10-5-3-2-4-6-10/h2-6H,7-9H2,1H3. The van der Waals surface area contributed by atoms with Gasteiger partial charge in [0.1, 0.15) is 6.54 Å². The maximum atomic E-state index is 11.8. The van der Waals surface area contributed by atoms with Gasteiger partial charge in [0.2, 0.25) is 5.91 Å². The van der Waals surface area contributed by atoms with Crippen molar-refractivity contribution >= 4 is 17.8 Å². The smallest absolute Gasteiger partial charge is 0.318 e. The van der Waals surface area contributed by atoms with Crippen LogP contribution in [0.25, 0.3) is 0 Å². The van der Waals surface area contributed by atoms with Gasteiger partial charge in [0.05, 0.1) is 0 Å². The van der Waals surface area contributed by atoms with Crippen molar-refractivity contribution in [2.75, 3.05) is 13.6 Å². The Morgan fingerprint density at radius 3 is 2.44 bits per heavy atom. The van der Waals surface area contributed by atoms with Gasteiger partial charge in [0.25, 0.3) is 5.91 Å². The minimum absolute atomic E-state index is 0.0179. The fraction of sp³-hybridized carbons (Fsp3) is 0.308. The lowest BCUT2D eigenvalue weighted by Gasteiger charge is -2.12. The molecule has 1 aromatic carbocycles. The summed E-state index contributed by atoms with van der Waals surface area (Å²) in [6, 6.07) is 8.96. The Labute approximate surface area is 105 Å². The minimum atomic E-state index is -0.530. The number of hydrogen-bond donors (Lipinski definition) is 0. The van der Waals surface area contributed by atoms with Crippen molar-refractivity contribution in [3.05, 3.63) is 35.9 Å². The van der Waals surface area contributed by atoms with Gasteiger partial charge in [-0.15, -0.1) is 0 Å². The molecular formula is C13H14N2O3. The van der Waals surface area contributed by atoms with E-state index in [1.54, 1.807) is 0 Å². The van der Waals surface area contributed by atoms with E-state index in [9.17, 15) is 14.4 Å². The van der Waals surface area contributed by atoms with Gasteiger partial charge in [-0.1, -0.05) is 30.3 Å². The quantitative estimate of drug-likeness (QED) is 0.749. The Kier molecular flexibility index (Phi) is 3.41. The summed E-state index contributed by atoms with van der Waals surface area (Å²) in [7, 11) is 1.50. The normalized spacial score (nSPS) is 15.4. The average molecular weight is 246 g/mol. The predicted octanol–water partition coefficient (Wildman–Crippen LogP) is 1.04. The molecule has 94 valence electrons. The molecule has 0 unspecified atom stereocenters. The van der Waals surface area contributed by atoms with E-state index in [4.69, 9.17) is 0 Å². The second kappa shape index (κ2) is 5.00. The molecule has 1 heterocycles. The fourth-order valence-corrected chi connectivity index (χ4v) is 1.87. The molecule has 0 spiro atoms. The van der Waals surface area contributed by atoms with Crippen LogP contribution >= 0.6 is 0 Å². The van der Waals surface area contributed by atoms with Crippen molar-refractivity contribution in [2.24, 2.45) is 0 Å². The first kappa shape index (κ1) is 12.3. The summed E-state index contributed by atoms with van der Waals surface area (Å²) in [4.78, 5) is 36.9. The number of carbonyl (C=O) groups excluding carboxylic acids is 3. The summed E-state index contributed by atoms with van der Waals surface area (Å²) in [5.41, 5.74) is 1.01. The molecule has 5 nitrogen and oxygen atoms in total.